The zero-order valence-electron chi connectivity index (χ0n) is 17.0. The van der Waals surface area contributed by atoms with Crippen LogP contribution in [0.15, 0.2) is 83.6 Å². The smallest absolute Gasteiger partial charge is 0.0686 e. The average Bonchev–Trinajstić information content (AvgIpc) is 2.60. The molecule has 0 aliphatic carbocycles. The maximum absolute atomic E-state index is 2.62. The van der Waals surface area contributed by atoms with Gasteiger partial charge >= 0.3 is 0 Å². The second kappa shape index (κ2) is 10.3. The van der Waals surface area contributed by atoms with E-state index in [-0.39, 0.29) is 0 Å². The Balaban J connectivity index is 1.94. The van der Waals surface area contributed by atoms with Crippen LogP contribution in [0.1, 0.15) is 37.3 Å². The van der Waals surface area contributed by atoms with Crippen LogP contribution >= 0.6 is 0 Å². The summed E-state index contributed by atoms with van der Waals surface area (Å²) in [5.41, 5.74) is 8.63. The van der Waals surface area contributed by atoms with Gasteiger partial charge in [0.05, 0.1) is 8.07 Å². The summed E-state index contributed by atoms with van der Waals surface area (Å²) < 4.78 is 0. The summed E-state index contributed by atoms with van der Waals surface area (Å²) in [5, 5.41) is 0. The predicted octanol–water partition coefficient (Wildman–Crippen LogP) is 7.39. The highest BCUT2D eigenvalue weighted by atomic mass is 28.3. The summed E-state index contributed by atoms with van der Waals surface area (Å²) in [7, 11) is -1.20. The molecule has 0 nitrogen and oxygen atoms in total. The van der Waals surface area contributed by atoms with Gasteiger partial charge in [-0.3, -0.25) is 0 Å². The highest BCUT2D eigenvalue weighted by Gasteiger charge is 2.11. The molecular weight excluding hydrogens is 328 g/mol. The molecular formula is C25H34Si. The number of hydrogen-bond acceptors (Lipinski definition) is 0. The molecule has 26 heavy (non-hydrogen) atoms. The van der Waals surface area contributed by atoms with Crippen LogP contribution in [0.2, 0.25) is 19.6 Å². The van der Waals surface area contributed by atoms with Gasteiger partial charge in [-0.1, -0.05) is 103 Å². The van der Waals surface area contributed by atoms with E-state index in [9.17, 15) is 0 Å². The van der Waals surface area contributed by atoms with Gasteiger partial charge < -0.3 is 0 Å². The second-order valence-corrected chi connectivity index (χ2v) is 13.4. The lowest BCUT2D eigenvalue weighted by Crippen LogP contribution is -2.17. The first-order valence-electron chi connectivity index (χ1n) is 9.86. The van der Waals surface area contributed by atoms with Crippen LogP contribution in [0.5, 0.6) is 0 Å². The number of allylic oxidation sites excluding steroid dienone is 3. The van der Waals surface area contributed by atoms with Gasteiger partial charge in [0, 0.05) is 0 Å². The summed E-state index contributed by atoms with van der Waals surface area (Å²) in [5.74, 6) is 0. The zero-order valence-corrected chi connectivity index (χ0v) is 18.0. The first-order valence-corrected chi connectivity index (χ1v) is 13.4. The van der Waals surface area contributed by atoms with E-state index in [1.807, 2.05) is 0 Å². The summed E-state index contributed by atoms with van der Waals surface area (Å²) in [6, 6.07) is 21.7. The van der Waals surface area contributed by atoms with Gasteiger partial charge in [0.25, 0.3) is 0 Å². The molecule has 0 saturated heterocycles. The Morgan fingerprint density at radius 1 is 0.808 bits per heavy atom. The van der Waals surface area contributed by atoms with Gasteiger partial charge in [-0.05, 0) is 50.2 Å². The van der Waals surface area contributed by atoms with Gasteiger partial charge in [0.1, 0.15) is 0 Å². The largest absolute Gasteiger partial charge is 0.0955 e. The Kier molecular flexibility index (Phi) is 8.12. The molecule has 0 spiro atoms. The molecule has 1 heteroatoms. The molecule has 138 valence electrons. The normalized spacial score (nSPS) is 13.1. The van der Waals surface area contributed by atoms with Crippen molar-refractivity contribution in [1.82, 2.24) is 0 Å². The van der Waals surface area contributed by atoms with Crippen LogP contribution in [0.3, 0.4) is 0 Å². The molecule has 0 amide bonds. The lowest BCUT2D eigenvalue weighted by atomic mass is 9.99. The van der Waals surface area contributed by atoms with E-state index >= 15 is 0 Å². The molecule has 0 aromatic heterocycles. The van der Waals surface area contributed by atoms with E-state index in [2.05, 4.69) is 99.0 Å². The Hall–Kier alpha value is -1.86. The standard InChI is InChI=1S/C25H34Si/c1-22(12-11-17-23-13-7-5-8-14-23)20-25(21-26(2,3)4)19-18-24-15-9-6-10-16-24/h5-10,12-16,21H,11,17-20H2,1-4H3/b22-12-,25-21+. The van der Waals surface area contributed by atoms with Gasteiger partial charge in [0.2, 0.25) is 0 Å². The monoisotopic (exact) mass is 362 g/mol. The molecule has 0 atom stereocenters. The zero-order chi connectivity index (χ0) is 18.8. The molecule has 0 aliphatic heterocycles. The van der Waals surface area contributed by atoms with Crippen molar-refractivity contribution in [1.29, 1.82) is 0 Å². The van der Waals surface area contributed by atoms with Crippen molar-refractivity contribution in [2.75, 3.05) is 0 Å². The van der Waals surface area contributed by atoms with Crippen LogP contribution in [0.25, 0.3) is 0 Å². The SMILES string of the molecule is C/C(=C/CCc1ccccc1)C/C(=C/[Si](C)(C)C)CCc1ccccc1. The Morgan fingerprint density at radius 2 is 1.35 bits per heavy atom. The molecule has 0 heterocycles. The summed E-state index contributed by atoms with van der Waals surface area (Å²) in [6.07, 6.45) is 8.16. The molecule has 0 fully saturated rings. The lowest BCUT2D eigenvalue weighted by Gasteiger charge is -2.16. The minimum absolute atomic E-state index is 1.13. The van der Waals surface area contributed by atoms with Crippen LogP contribution < -0.4 is 0 Å². The maximum atomic E-state index is 2.62. The maximum Gasteiger partial charge on any atom is 0.0686 e. The molecule has 0 saturated carbocycles. The number of benzene rings is 2. The number of aryl methyl sites for hydroxylation is 2. The van der Waals surface area contributed by atoms with Gasteiger partial charge in [-0.15, -0.1) is 0 Å². The first-order chi connectivity index (χ1) is 12.4. The number of hydrogen-bond donors (Lipinski definition) is 0. The van der Waals surface area contributed by atoms with Crippen molar-refractivity contribution >= 4 is 8.07 Å². The third kappa shape index (κ3) is 8.49. The van der Waals surface area contributed by atoms with E-state index in [0.717, 1.165) is 25.7 Å². The van der Waals surface area contributed by atoms with Crippen molar-refractivity contribution in [2.45, 2.75) is 58.7 Å². The topological polar surface area (TPSA) is 0 Å². The Labute approximate surface area is 161 Å². The second-order valence-electron chi connectivity index (χ2n) is 8.41. The Bertz CT molecular complexity index is 703. The van der Waals surface area contributed by atoms with Gasteiger partial charge in [-0.2, -0.15) is 0 Å². The summed E-state index contributed by atoms with van der Waals surface area (Å²) in [4.78, 5) is 0. The van der Waals surface area contributed by atoms with E-state index in [0.29, 0.717) is 0 Å². The highest BCUT2D eigenvalue weighted by molar-refractivity contribution is 6.81. The van der Waals surface area contributed by atoms with Crippen molar-refractivity contribution in [2.24, 2.45) is 0 Å². The molecule has 0 N–H and O–H groups in total. The average molecular weight is 363 g/mol. The van der Waals surface area contributed by atoms with Gasteiger partial charge in [0.15, 0.2) is 0 Å². The van der Waals surface area contributed by atoms with Crippen LogP contribution in [-0.2, 0) is 12.8 Å². The first kappa shape index (κ1) is 20.4. The summed E-state index contributed by atoms with van der Waals surface area (Å²) in [6.45, 7) is 9.60. The van der Waals surface area contributed by atoms with E-state index in [4.69, 9.17) is 0 Å². The molecule has 0 bridgehead atoms. The predicted molar refractivity (Wildman–Crippen MR) is 119 cm³/mol. The van der Waals surface area contributed by atoms with Crippen LogP contribution in [-0.4, -0.2) is 8.07 Å². The van der Waals surface area contributed by atoms with Crippen molar-refractivity contribution in [3.63, 3.8) is 0 Å². The van der Waals surface area contributed by atoms with E-state index < -0.39 is 8.07 Å². The fourth-order valence-corrected chi connectivity index (χ4v) is 4.80. The fourth-order valence-electron chi connectivity index (χ4n) is 3.33. The van der Waals surface area contributed by atoms with Crippen molar-refractivity contribution in [3.05, 3.63) is 94.7 Å². The van der Waals surface area contributed by atoms with Crippen molar-refractivity contribution < 1.29 is 0 Å². The quantitative estimate of drug-likeness (QED) is 0.322. The van der Waals surface area contributed by atoms with Gasteiger partial charge in [-0.25, -0.2) is 0 Å². The molecule has 2 aromatic rings. The van der Waals surface area contributed by atoms with Crippen LogP contribution in [0, 0.1) is 0 Å². The van der Waals surface area contributed by atoms with Crippen molar-refractivity contribution in [3.8, 4) is 0 Å². The number of rotatable bonds is 9. The highest BCUT2D eigenvalue weighted by Crippen LogP contribution is 2.21. The molecule has 2 rings (SSSR count). The summed E-state index contributed by atoms with van der Waals surface area (Å²) >= 11 is 0. The molecule has 0 aliphatic rings. The molecule has 0 unspecified atom stereocenters. The minimum atomic E-state index is -1.20. The molecule has 0 radical (unpaired) electrons. The fraction of sp³-hybridized carbons (Fsp3) is 0.360. The third-order valence-corrected chi connectivity index (χ3v) is 5.76. The Morgan fingerprint density at radius 3 is 1.88 bits per heavy atom. The van der Waals surface area contributed by atoms with E-state index in [1.54, 1.807) is 5.57 Å². The third-order valence-electron chi connectivity index (χ3n) is 4.49. The van der Waals surface area contributed by atoms with Crippen LogP contribution in [0.4, 0.5) is 0 Å². The molecule has 2 aromatic carbocycles. The lowest BCUT2D eigenvalue weighted by molar-refractivity contribution is 0.886. The minimum Gasteiger partial charge on any atom is -0.0955 e. The van der Waals surface area contributed by atoms with E-state index in [1.165, 1.54) is 23.1 Å².